The molecule has 4 rings (SSSR count). The molecule has 2 amide bonds. The Morgan fingerprint density at radius 1 is 1.29 bits per heavy atom. The lowest BCUT2D eigenvalue weighted by Gasteiger charge is -2.04. The SMILES string of the molecule is Cc1[nH]nc(C(N)=O)c1NC(=O)c1cc2c(C)nn(-c3cccc(Cl)c3)c2s1. The molecule has 4 N–H and O–H groups in total. The molecule has 3 heterocycles. The fourth-order valence-electron chi connectivity index (χ4n) is 2.88. The number of anilines is 1. The van der Waals surface area contributed by atoms with Crippen molar-refractivity contribution in [3.05, 3.63) is 57.3 Å². The van der Waals surface area contributed by atoms with Crippen molar-refractivity contribution in [3.63, 3.8) is 0 Å². The van der Waals surface area contributed by atoms with Crippen molar-refractivity contribution >= 4 is 50.7 Å². The average Bonchev–Trinajstić information content (AvgIpc) is 3.31. The zero-order chi connectivity index (χ0) is 20.0. The van der Waals surface area contributed by atoms with Gasteiger partial charge in [0.25, 0.3) is 11.8 Å². The summed E-state index contributed by atoms with van der Waals surface area (Å²) >= 11 is 7.39. The quantitative estimate of drug-likeness (QED) is 0.474. The lowest BCUT2D eigenvalue weighted by atomic mass is 10.2. The summed E-state index contributed by atoms with van der Waals surface area (Å²) in [4.78, 5) is 25.6. The number of primary amides is 1. The first kappa shape index (κ1) is 18.2. The lowest BCUT2D eigenvalue weighted by Crippen LogP contribution is -2.17. The Hall–Kier alpha value is -3.17. The van der Waals surface area contributed by atoms with E-state index in [1.54, 1.807) is 29.8 Å². The van der Waals surface area contributed by atoms with Gasteiger partial charge >= 0.3 is 0 Å². The van der Waals surface area contributed by atoms with E-state index in [0.29, 0.717) is 15.6 Å². The van der Waals surface area contributed by atoms with Crippen molar-refractivity contribution in [1.29, 1.82) is 0 Å². The number of aromatic amines is 1. The van der Waals surface area contributed by atoms with Crippen molar-refractivity contribution in [1.82, 2.24) is 20.0 Å². The molecule has 1 aromatic carbocycles. The summed E-state index contributed by atoms with van der Waals surface area (Å²) in [7, 11) is 0. The standard InChI is InChI=1S/C18H15ClN6O2S/c1-8-12-7-13(17(27)21-14-9(2)22-23-15(14)16(20)26)28-18(12)25(24-8)11-5-3-4-10(19)6-11/h3-7H,1-2H3,(H2,20,26)(H,21,27)(H,22,23). The van der Waals surface area contributed by atoms with Gasteiger partial charge in [0.2, 0.25) is 0 Å². The number of carbonyl (C=O) groups is 2. The van der Waals surface area contributed by atoms with Crippen LogP contribution in [0, 0.1) is 13.8 Å². The second-order valence-electron chi connectivity index (χ2n) is 6.20. The number of aromatic nitrogens is 4. The number of halogens is 1. The summed E-state index contributed by atoms with van der Waals surface area (Å²) in [5.74, 6) is -1.08. The highest BCUT2D eigenvalue weighted by atomic mass is 35.5. The normalized spacial score (nSPS) is 11.1. The molecule has 0 saturated carbocycles. The first-order valence-corrected chi connectivity index (χ1v) is 9.46. The molecule has 10 heteroatoms. The Morgan fingerprint density at radius 2 is 2.07 bits per heavy atom. The first-order valence-electron chi connectivity index (χ1n) is 8.26. The van der Waals surface area contributed by atoms with Gasteiger partial charge < -0.3 is 11.1 Å². The molecule has 8 nitrogen and oxygen atoms in total. The number of nitrogens with two attached hydrogens (primary N) is 1. The highest BCUT2D eigenvalue weighted by Crippen LogP contribution is 2.31. The Bertz CT molecular complexity index is 1240. The van der Waals surface area contributed by atoms with E-state index in [2.05, 4.69) is 20.6 Å². The molecule has 0 saturated heterocycles. The molecule has 0 aliphatic rings. The molecule has 0 aliphatic heterocycles. The van der Waals surface area contributed by atoms with Gasteiger partial charge in [0.15, 0.2) is 5.69 Å². The molecular weight excluding hydrogens is 400 g/mol. The summed E-state index contributed by atoms with van der Waals surface area (Å²) in [6.45, 7) is 3.57. The number of carbonyl (C=O) groups excluding carboxylic acids is 2. The molecule has 0 aliphatic carbocycles. The van der Waals surface area contributed by atoms with Gasteiger partial charge in [0, 0.05) is 10.4 Å². The van der Waals surface area contributed by atoms with E-state index in [1.807, 2.05) is 19.1 Å². The van der Waals surface area contributed by atoms with Crippen molar-refractivity contribution in [2.45, 2.75) is 13.8 Å². The van der Waals surface area contributed by atoms with Crippen LogP contribution in [-0.2, 0) is 0 Å². The minimum absolute atomic E-state index is 0.00626. The number of amides is 2. The monoisotopic (exact) mass is 414 g/mol. The van der Waals surface area contributed by atoms with Gasteiger partial charge in [-0.1, -0.05) is 17.7 Å². The van der Waals surface area contributed by atoms with Crippen LogP contribution in [0.2, 0.25) is 5.02 Å². The van der Waals surface area contributed by atoms with Crippen molar-refractivity contribution < 1.29 is 9.59 Å². The first-order chi connectivity index (χ1) is 13.3. The van der Waals surface area contributed by atoms with E-state index in [-0.39, 0.29) is 17.3 Å². The minimum Gasteiger partial charge on any atom is -0.364 e. The van der Waals surface area contributed by atoms with Gasteiger partial charge in [-0.15, -0.1) is 11.3 Å². The number of aryl methyl sites for hydroxylation is 2. The van der Waals surface area contributed by atoms with E-state index < -0.39 is 5.91 Å². The highest BCUT2D eigenvalue weighted by Gasteiger charge is 2.21. The Labute approximate surface area is 168 Å². The third-order valence-corrected chi connectivity index (χ3v) is 5.58. The van der Waals surface area contributed by atoms with Crippen LogP contribution in [0.3, 0.4) is 0 Å². The fourth-order valence-corrected chi connectivity index (χ4v) is 4.14. The fraction of sp³-hybridized carbons (Fsp3) is 0.111. The van der Waals surface area contributed by atoms with Crippen LogP contribution in [-0.4, -0.2) is 31.8 Å². The number of rotatable bonds is 4. The number of nitrogens with one attached hydrogen (secondary N) is 2. The average molecular weight is 415 g/mol. The Balaban J connectivity index is 1.73. The summed E-state index contributed by atoms with van der Waals surface area (Å²) in [6, 6.07) is 9.11. The van der Waals surface area contributed by atoms with Crippen molar-refractivity contribution in [2.75, 3.05) is 5.32 Å². The lowest BCUT2D eigenvalue weighted by molar-refractivity contribution is 0.0996. The Morgan fingerprint density at radius 3 is 2.79 bits per heavy atom. The number of hydrogen-bond acceptors (Lipinski definition) is 5. The molecule has 0 bridgehead atoms. The molecule has 0 fully saturated rings. The maximum absolute atomic E-state index is 12.8. The molecule has 0 spiro atoms. The molecule has 0 atom stereocenters. The van der Waals surface area contributed by atoms with Crippen LogP contribution >= 0.6 is 22.9 Å². The topological polar surface area (TPSA) is 119 Å². The van der Waals surface area contributed by atoms with Crippen LogP contribution in [0.15, 0.2) is 30.3 Å². The number of nitrogens with zero attached hydrogens (tertiary/aromatic N) is 3. The van der Waals surface area contributed by atoms with Gasteiger partial charge in [-0.25, -0.2) is 4.68 Å². The summed E-state index contributed by atoms with van der Waals surface area (Å²) in [5, 5.41) is 15.2. The summed E-state index contributed by atoms with van der Waals surface area (Å²) < 4.78 is 1.76. The second-order valence-corrected chi connectivity index (χ2v) is 7.66. The van der Waals surface area contributed by atoms with Crippen LogP contribution in [0.1, 0.15) is 31.5 Å². The van der Waals surface area contributed by atoms with E-state index in [4.69, 9.17) is 17.3 Å². The van der Waals surface area contributed by atoms with Crippen molar-refractivity contribution in [3.8, 4) is 5.69 Å². The third-order valence-electron chi connectivity index (χ3n) is 4.24. The minimum atomic E-state index is -0.719. The summed E-state index contributed by atoms with van der Waals surface area (Å²) in [5.41, 5.74) is 7.73. The maximum atomic E-state index is 12.8. The molecule has 0 unspecified atom stereocenters. The number of benzene rings is 1. The molecule has 142 valence electrons. The zero-order valence-corrected chi connectivity index (χ0v) is 16.5. The number of H-pyrrole nitrogens is 1. The molecule has 3 aromatic heterocycles. The van der Waals surface area contributed by atoms with Crippen molar-refractivity contribution in [2.24, 2.45) is 5.73 Å². The predicted octanol–water partition coefficient (Wildman–Crippen LogP) is 3.43. The Kier molecular flexibility index (Phi) is 4.40. The van der Waals surface area contributed by atoms with Gasteiger partial charge in [0.05, 0.1) is 27.6 Å². The second kappa shape index (κ2) is 6.77. The number of thiophene rings is 1. The van der Waals surface area contributed by atoms with Gasteiger partial charge in [-0.05, 0) is 38.1 Å². The molecule has 4 aromatic rings. The largest absolute Gasteiger partial charge is 0.364 e. The van der Waals surface area contributed by atoms with Gasteiger partial charge in [-0.3, -0.25) is 14.7 Å². The van der Waals surface area contributed by atoms with Crippen LogP contribution in [0.25, 0.3) is 15.9 Å². The number of fused-ring (bicyclic) bond motifs is 1. The number of hydrogen-bond donors (Lipinski definition) is 3. The van der Waals surface area contributed by atoms with Gasteiger partial charge in [0.1, 0.15) is 4.83 Å². The highest BCUT2D eigenvalue weighted by molar-refractivity contribution is 7.20. The van der Waals surface area contributed by atoms with Crippen LogP contribution in [0.5, 0.6) is 0 Å². The van der Waals surface area contributed by atoms with Crippen LogP contribution < -0.4 is 11.1 Å². The van der Waals surface area contributed by atoms with Gasteiger partial charge in [-0.2, -0.15) is 10.2 Å². The molecule has 28 heavy (non-hydrogen) atoms. The smallest absolute Gasteiger partial charge is 0.271 e. The molecule has 0 radical (unpaired) electrons. The predicted molar refractivity (Wildman–Crippen MR) is 108 cm³/mol. The van der Waals surface area contributed by atoms with E-state index in [9.17, 15) is 9.59 Å². The maximum Gasteiger partial charge on any atom is 0.271 e. The zero-order valence-electron chi connectivity index (χ0n) is 14.9. The molecular formula is C18H15ClN6O2S. The van der Waals surface area contributed by atoms with E-state index in [0.717, 1.165) is 21.6 Å². The van der Waals surface area contributed by atoms with E-state index >= 15 is 0 Å². The van der Waals surface area contributed by atoms with E-state index in [1.165, 1.54) is 11.3 Å². The third kappa shape index (κ3) is 3.04. The van der Waals surface area contributed by atoms with Crippen LogP contribution in [0.4, 0.5) is 5.69 Å². The summed E-state index contributed by atoms with van der Waals surface area (Å²) in [6.07, 6.45) is 0.